The van der Waals surface area contributed by atoms with Gasteiger partial charge in [0.15, 0.2) is 0 Å². The second-order valence-electron chi connectivity index (χ2n) is 6.88. The molecule has 0 spiro atoms. The minimum atomic E-state index is -4.29. The molecule has 0 amide bonds. The van der Waals surface area contributed by atoms with E-state index in [9.17, 15) is 23.8 Å². The second kappa shape index (κ2) is 7.91. The summed E-state index contributed by atoms with van der Waals surface area (Å²) in [6.45, 7) is 5.75. The van der Waals surface area contributed by atoms with Crippen LogP contribution >= 0.6 is 15.2 Å². The van der Waals surface area contributed by atoms with Crippen LogP contribution in [0, 0.1) is 20.8 Å². The first kappa shape index (κ1) is 21.5. The minimum Gasteiger partial charge on any atom is -0.421 e. The first-order valence-electron chi connectivity index (χ1n) is 8.85. The van der Waals surface area contributed by atoms with Gasteiger partial charge in [-0.1, -0.05) is 30.3 Å². The number of hydrogen-bond donors (Lipinski definition) is 3. The Hall–Kier alpha value is -2.20. The number of benzene rings is 3. The van der Waals surface area contributed by atoms with Crippen LogP contribution in [0.25, 0.3) is 11.1 Å². The SMILES string of the molecule is Cc1ccc(OP(=O)(O)c2ccc(-c3ccc(P(=O)(O)O)cc3)cc2)c(C)c1C. The van der Waals surface area contributed by atoms with E-state index in [2.05, 4.69) is 0 Å². The van der Waals surface area contributed by atoms with Gasteiger partial charge in [0, 0.05) is 0 Å². The molecule has 3 aromatic carbocycles. The predicted octanol–water partition coefficient (Wildman–Crippen LogP) is 3.97. The number of aryl methyl sites for hydroxylation is 1. The van der Waals surface area contributed by atoms with Gasteiger partial charge in [0.2, 0.25) is 0 Å². The van der Waals surface area contributed by atoms with E-state index in [1.165, 1.54) is 24.3 Å². The van der Waals surface area contributed by atoms with Gasteiger partial charge in [0.25, 0.3) is 0 Å². The molecule has 0 aliphatic heterocycles. The van der Waals surface area contributed by atoms with Gasteiger partial charge in [-0.05, 0) is 78.9 Å². The highest BCUT2D eigenvalue weighted by Gasteiger charge is 2.25. The van der Waals surface area contributed by atoms with Crippen molar-refractivity contribution in [1.29, 1.82) is 0 Å². The van der Waals surface area contributed by atoms with Crippen molar-refractivity contribution in [2.45, 2.75) is 20.8 Å². The standard InChI is InChI=1S/C21H22O6P2/c1-14-4-13-21(16(3)15(14)2)27-29(25,26)20-11-7-18(8-12-20)17-5-9-19(10-6-17)28(22,23)24/h4-13H,1-3H3,(H,25,26)(H2,22,23,24). The second-order valence-corrected chi connectivity index (χ2v) is 10.2. The fraction of sp³-hybridized carbons (Fsp3) is 0.143. The Balaban J connectivity index is 1.85. The molecule has 1 unspecified atom stereocenters. The van der Waals surface area contributed by atoms with Gasteiger partial charge in [-0.15, -0.1) is 0 Å². The third kappa shape index (κ3) is 4.69. The topological polar surface area (TPSA) is 104 Å². The van der Waals surface area contributed by atoms with Crippen molar-refractivity contribution in [3.05, 3.63) is 77.4 Å². The summed E-state index contributed by atoms with van der Waals surface area (Å²) >= 11 is 0. The molecule has 3 rings (SSSR count). The highest BCUT2D eigenvalue weighted by atomic mass is 31.2. The van der Waals surface area contributed by atoms with Crippen LogP contribution in [0.1, 0.15) is 16.7 Å². The lowest BCUT2D eigenvalue weighted by atomic mass is 10.0. The maximum absolute atomic E-state index is 12.8. The Morgan fingerprint density at radius 3 is 1.62 bits per heavy atom. The molecule has 3 N–H and O–H groups in total. The van der Waals surface area contributed by atoms with Gasteiger partial charge in [-0.2, -0.15) is 0 Å². The minimum absolute atomic E-state index is 0.0603. The molecule has 152 valence electrons. The zero-order valence-corrected chi connectivity index (χ0v) is 18.0. The van der Waals surface area contributed by atoms with E-state index in [0.717, 1.165) is 27.8 Å². The zero-order valence-electron chi connectivity index (χ0n) is 16.2. The summed E-state index contributed by atoms with van der Waals surface area (Å²) in [5, 5.41) is 0.0978. The van der Waals surface area contributed by atoms with Crippen LogP contribution in [0.5, 0.6) is 5.75 Å². The van der Waals surface area contributed by atoms with Gasteiger partial charge in [-0.25, -0.2) is 4.57 Å². The molecular formula is C21H22O6P2. The molecule has 0 bridgehead atoms. The molecule has 29 heavy (non-hydrogen) atoms. The first-order chi connectivity index (χ1) is 13.5. The van der Waals surface area contributed by atoms with Gasteiger partial charge < -0.3 is 19.2 Å². The van der Waals surface area contributed by atoms with Crippen LogP contribution < -0.4 is 15.1 Å². The Labute approximate surface area is 169 Å². The van der Waals surface area contributed by atoms with Crippen LogP contribution in [0.2, 0.25) is 0 Å². The molecule has 0 aliphatic carbocycles. The quantitative estimate of drug-likeness (QED) is 0.527. The fourth-order valence-electron chi connectivity index (χ4n) is 2.91. The van der Waals surface area contributed by atoms with Gasteiger partial charge in [-0.3, -0.25) is 4.57 Å². The molecule has 1 atom stereocenters. The van der Waals surface area contributed by atoms with Gasteiger partial charge in [0.1, 0.15) is 5.75 Å². The Kier molecular flexibility index (Phi) is 5.86. The van der Waals surface area contributed by atoms with E-state index in [1.807, 2.05) is 26.8 Å². The summed E-state index contributed by atoms with van der Waals surface area (Å²) in [6.07, 6.45) is 0. The monoisotopic (exact) mass is 432 g/mol. The number of rotatable bonds is 5. The van der Waals surface area contributed by atoms with E-state index in [1.54, 1.807) is 30.3 Å². The predicted molar refractivity (Wildman–Crippen MR) is 114 cm³/mol. The van der Waals surface area contributed by atoms with Gasteiger partial charge >= 0.3 is 15.2 Å². The molecule has 3 aromatic rings. The Bertz CT molecular complexity index is 1130. The smallest absolute Gasteiger partial charge is 0.408 e. The van der Waals surface area contributed by atoms with Gasteiger partial charge in [0.05, 0.1) is 10.6 Å². The summed E-state index contributed by atoms with van der Waals surface area (Å²) in [6, 6.07) is 15.8. The average Bonchev–Trinajstić information content (AvgIpc) is 2.68. The molecular weight excluding hydrogens is 410 g/mol. The van der Waals surface area contributed by atoms with E-state index < -0.39 is 15.2 Å². The van der Waals surface area contributed by atoms with Crippen LogP contribution in [-0.2, 0) is 9.13 Å². The first-order valence-corrected chi connectivity index (χ1v) is 12.0. The van der Waals surface area contributed by atoms with Crippen molar-refractivity contribution in [3.8, 4) is 16.9 Å². The fourth-order valence-corrected chi connectivity index (χ4v) is 4.54. The summed E-state index contributed by atoms with van der Waals surface area (Å²) in [5.74, 6) is 0.371. The molecule has 0 radical (unpaired) electrons. The van der Waals surface area contributed by atoms with Crippen LogP contribution in [0.15, 0.2) is 60.7 Å². The van der Waals surface area contributed by atoms with Crippen LogP contribution in [-0.4, -0.2) is 14.7 Å². The van der Waals surface area contributed by atoms with E-state index in [0.29, 0.717) is 5.75 Å². The van der Waals surface area contributed by atoms with Crippen molar-refractivity contribution in [3.63, 3.8) is 0 Å². The largest absolute Gasteiger partial charge is 0.421 e. The lowest BCUT2D eigenvalue weighted by molar-refractivity contribution is 0.386. The van der Waals surface area contributed by atoms with E-state index >= 15 is 0 Å². The highest BCUT2D eigenvalue weighted by Crippen LogP contribution is 2.43. The Morgan fingerprint density at radius 1 is 0.655 bits per heavy atom. The maximum atomic E-state index is 12.8. The normalized spacial score (nSPS) is 13.7. The lowest BCUT2D eigenvalue weighted by Gasteiger charge is -2.17. The van der Waals surface area contributed by atoms with Crippen LogP contribution in [0.4, 0.5) is 0 Å². The third-order valence-electron chi connectivity index (χ3n) is 4.96. The lowest BCUT2D eigenvalue weighted by Crippen LogP contribution is -2.10. The Morgan fingerprint density at radius 2 is 1.14 bits per heavy atom. The molecule has 0 saturated heterocycles. The molecule has 0 saturated carbocycles. The van der Waals surface area contributed by atoms with E-state index in [-0.39, 0.29) is 10.6 Å². The van der Waals surface area contributed by atoms with Crippen molar-refractivity contribution in [1.82, 2.24) is 0 Å². The number of hydrogen-bond acceptors (Lipinski definition) is 3. The molecule has 0 aromatic heterocycles. The van der Waals surface area contributed by atoms with Crippen molar-refractivity contribution < 1.29 is 28.3 Å². The van der Waals surface area contributed by atoms with Crippen molar-refractivity contribution >= 4 is 25.8 Å². The molecule has 0 aliphatic rings. The summed E-state index contributed by atoms with van der Waals surface area (Å²) < 4.78 is 29.5. The van der Waals surface area contributed by atoms with Crippen molar-refractivity contribution in [2.75, 3.05) is 0 Å². The highest BCUT2D eigenvalue weighted by molar-refractivity contribution is 7.61. The summed E-state index contributed by atoms with van der Waals surface area (Å²) in [7, 11) is -8.36. The zero-order chi connectivity index (χ0) is 21.4. The molecule has 0 fully saturated rings. The molecule has 8 heteroatoms. The summed E-state index contributed by atoms with van der Waals surface area (Å²) in [5.41, 5.74) is 4.38. The van der Waals surface area contributed by atoms with E-state index in [4.69, 9.17) is 4.52 Å². The third-order valence-corrected chi connectivity index (χ3v) is 7.33. The maximum Gasteiger partial charge on any atom is 0.408 e. The van der Waals surface area contributed by atoms with Crippen molar-refractivity contribution in [2.24, 2.45) is 0 Å². The summed E-state index contributed by atoms with van der Waals surface area (Å²) in [4.78, 5) is 28.8. The average molecular weight is 432 g/mol. The molecule has 0 heterocycles. The molecule has 6 nitrogen and oxygen atoms in total. The van der Waals surface area contributed by atoms with Crippen LogP contribution in [0.3, 0.4) is 0 Å².